The molecule has 0 aliphatic carbocycles. The first-order chi connectivity index (χ1) is 17.0. The lowest BCUT2D eigenvalue weighted by Gasteiger charge is -2.43. The lowest BCUT2D eigenvalue weighted by molar-refractivity contribution is -0.140. The summed E-state index contributed by atoms with van der Waals surface area (Å²) in [6, 6.07) is 20.0. The smallest absolute Gasteiger partial charge is 0.250 e. The molecule has 2 saturated heterocycles. The molecule has 0 unspecified atom stereocenters. The Labute approximate surface area is 208 Å². The van der Waals surface area contributed by atoms with Crippen molar-refractivity contribution in [2.45, 2.75) is 51.0 Å². The summed E-state index contributed by atoms with van der Waals surface area (Å²) in [7, 11) is 0. The number of piperidine rings is 1. The van der Waals surface area contributed by atoms with Crippen molar-refractivity contribution in [3.8, 4) is 0 Å². The first-order valence-electron chi connectivity index (χ1n) is 12.7. The minimum Gasteiger partial charge on any atom is -0.355 e. The van der Waals surface area contributed by atoms with Crippen LogP contribution in [0.4, 0.5) is 5.69 Å². The Bertz CT molecular complexity index is 1000. The van der Waals surface area contributed by atoms with Crippen LogP contribution in [-0.4, -0.2) is 65.9 Å². The van der Waals surface area contributed by atoms with E-state index in [2.05, 4.69) is 17.1 Å². The van der Waals surface area contributed by atoms with E-state index in [1.165, 1.54) is 0 Å². The number of aryl methyl sites for hydroxylation is 1. The molecule has 3 amide bonds. The molecule has 0 saturated carbocycles. The van der Waals surface area contributed by atoms with E-state index in [9.17, 15) is 14.4 Å². The monoisotopic (exact) mass is 476 g/mol. The molecule has 0 bridgehead atoms. The quantitative estimate of drug-likeness (QED) is 0.564. The summed E-state index contributed by atoms with van der Waals surface area (Å²) >= 11 is 0. The number of benzene rings is 2. The highest BCUT2D eigenvalue weighted by atomic mass is 16.2. The minimum atomic E-state index is -0.721. The molecular formula is C28H36N4O3. The molecule has 0 radical (unpaired) electrons. The van der Waals surface area contributed by atoms with Crippen LogP contribution < -0.4 is 10.2 Å². The van der Waals surface area contributed by atoms with Crippen molar-refractivity contribution in [2.75, 3.05) is 37.7 Å². The predicted octanol–water partition coefficient (Wildman–Crippen LogP) is 3.20. The predicted molar refractivity (Wildman–Crippen MR) is 137 cm³/mol. The summed E-state index contributed by atoms with van der Waals surface area (Å²) in [4.78, 5) is 44.8. The number of nitrogens with zero attached hydrogens (tertiary/aromatic N) is 3. The highest BCUT2D eigenvalue weighted by Gasteiger charge is 2.54. The topological polar surface area (TPSA) is 73.0 Å². The zero-order valence-corrected chi connectivity index (χ0v) is 20.6. The number of para-hydroxylation sites is 1. The van der Waals surface area contributed by atoms with E-state index in [-0.39, 0.29) is 24.3 Å². The first kappa shape index (κ1) is 24.8. The molecule has 2 heterocycles. The molecule has 4 rings (SSSR count). The molecule has 0 atom stereocenters. The number of amides is 3. The fourth-order valence-corrected chi connectivity index (χ4v) is 5.14. The van der Waals surface area contributed by atoms with Crippen molar-refractivity contribution in [3.05, 3.63) is 66.2 Å². The van der Waals surface area contributed by atoms with Crippen LogP contribution in [0.1, 0.15) is 44.6 Å². The van der Waals surface area contributed by atoms with E-state index < -0.39 is 5.54 Å². The second-order valence-corrected chi connectivity index (χ2v) is 9.51. The van der Waals surface area contributed by atoms with Crippen LogP contribution in [0.15, 0.2) is 60.7 Å². The zero-order chi connectivity index (χ0) is 24.7. The lowest BCUT2D eigenvalue weighted by Crippen LogP contribution is -2.57. The Morgan fingerprint density at radius 3 is 2.29 bits per heavy atom. The van der Waals surface area contributed by atoms with E-state index in [0.29, 0.717) is 45.6 Å². The van der Waals surface area contributed by atoms with Gasteiger partial charge in [0.05, 0.1) is 6.67 Å². The molecule has 7 nitrogen and oxygen atoms in total. The number of carbonyl (C=O) groups excluding carboxylic acids is 3. The molecule has 2 aliphatic rings. The maximum atomic E-state index is 13.7. The van der Waals surface area contributed by atoms with Crippen LogP contribution in [0.25, 0.3) is 0 Å². The normalized spacial score (nSPS) is 17.2. The summed E-state index contributed by atoms with van der Waals surface area (Å²) in [6.45, 7) is 4.24. The molecule has 2 fully saturated rings. The largest absolute Gasteiger partial charge is 0.355 e. The van der Waals surface area contributed by atoms with Crippen molar-refractivity contribution in [1.29, 1.82) is 0 Å². The van der Waals surface area contributed by atoms with Gasteiger partial charge in [-0.05, 0) is 43.4 Å². The molecule has 35 heavy (non-hydrogen) atoms. The van der Waals surface area contributed by atoms with Gasteiger partial charge in [-0.3, -0.25) is 14.4 Å². The third-order valence-corrected chi connectivity index (χ3v) is 7.18. The summed E-state index contributed by atoms with van der Waals surface area (Å²) in [6.07, 6.45) is 4.24. The van der Waals surface area contributed by atoms with Gasteiger partial charge in [-0.25, -0.2) is 0 Å². The number of anilines is 1. The van der Waals surface area contributed by atoms with Gasteiger partial charge < -0.3 is 20.0 Å². The molecule has 2 aromatic rings. The number of carbonyl (C=O) groups is 3. The number of likely N-dealkylation sites (tertiary alicyclic amines) is 1. The fourth-order valence-electron chi connectivity index (χ4n) is 5.14. The Kier molecular flexibility index (Phi) is 8.06. The van der Waals surface area contributed by atoms with Gasteiger partial charge in [0, 0.05) is 31.7 Å². The number of hydrogen-bond acceptors (Lipinski definition) is 4. The van der Waals surface area contributed by atoms with Crippen LogP contribution >= 0.6 is 0 Å². The summed E-state index contributed by atoms with van der Waals surface area (Å²) in [5, 5.41) is 2.92. The van der Waals surface area contributed by atoms with Crippen LogP contribution in [0.2, 0.25) is 0 Å². The van der Waals surface area contributed by atoms with Crippen molar-refractivity contribution >= 4 is 23.4 Å². The van der Waals surface area contributed by atoms with Gasteiger partial charge in [-0.2, -0.15) is 0 Å². The SMILES string of the molecule is CCCCNC(=O)CN1CN(c2ccccc2)C2(CCN(C(=O)CCc3ccccc3)CC2)C1=O. The Balaban J connectivity index is 1.43. The van der Waals surface area contributed by atoms with Crippen LogP contribution in [0.5, 0.6) is 0 Å². The third-order valence-electron chi connectivity index (χ3n) is 7.18. The summed E-state index contributed by atoms with van der Waals surface area (Å²) in [5.41, 5.74) is 1.41. The number of nitrogens with one attached hydrogen (secondary N) is 1. The van der Waals surface area contributed by atoms with Gasteiger partial charge in [0.15, 0.2) is 0 Å². The standard InChI is InChI=1S/C28H36N4O3/c1-2-3-18-29-25(33)21-31-22-32(24-12-8-5-9-13-24)28(27(31)35)16-19-30(20-17-28)26(34)15-14-23-10-6-4-7-11-23/h4-13H,2-3,14-22H2,1H3,(H,29,33). The van der Waals surface area contributed by atoms with E-state index in [1.54, 1.807) is 4.90 Å². The highest BCUT2D eigenvalue weighted by Crippen LogP contribution is 2.39. The molecule has 2 aromatic carbocycles. The first-order valence-corrected chi connectivity index (χ1v) is 12.7. The van der Waals surface area contributed by atoms with Crippen LogP contribution in [0.3, 0.4) is 0 Å². The molecule has 0 aromatic heterocycles. The average Bonchev–Trinajstić information content (AvgIpc) is 3.15. The fraction of sp³-hybridized carbons (Fsp3) is 0.464. The zero-order valence-electron chi connectivity index (χ0n) is 20.6. The van der Waals surface area contributed by atoms with Crippen LogP contribution in [-0.2, 0) is 20.8 Å². The van der Waals surface area contributed by atoms with Gasteiger partial charge in [0.1, 0.15) is 12.1 Å². The average molecular weight is 477 g/mol. The molecule has 1 spiro atoms. The maximum Gasteiger partial charge on any atom is 0.250 e. The molecule has 7 heteroatoms. The molecular weight excluding hydrogens is 440 g/mol. The van der Waals surface area contributed by atoms with Crippen LogP contribution in [0, 0.1) is 0 Å². The number of hydrogen-bond donors (Lipinski definition) is 1. The van der Waals surface area contributed by atoms with Gasteiger partial charge >= 0.3 is 0 Å². The molecule has 186 valence electrons. The van der Waals surface area contributed by atoms with E-state index in [0.717, 1.165) is 30.5 Å². The molecule has 2 aliphatic heterocycles. The second kappa shape index (κ2) is 11.4. The third kappa shape index (κ3) is 5.66. The van der Waals surface area contributed by atoms with Crippen molar-refractivity contribution < 1.29 is 14.4 Å². The Morgan fingerprint density at radius 2 is 1.63 bits per heavy atom. The Hall–Kier alpha value is -3.35. The summed E-state index contributed by atoms with van der Waals surface area (Å²) < 4.78 is 0. The van der Waals surface area contributed by atoms with Crippen molar-refractivity contribution in [1.82, 2.24) is 15.1 Å². The Morgan fingerprint density at radius 1 is 0.971 bits per heavy atom. The number of unbranched alkanes of at least 4 members (excludes halogenated alkanes) is 1. The van der Waals surface area contributed by atoms with Crippen molar-refractivity contribution in [3.63, 3.8) is 0 Å². The van der Waals surface area contributed by atoms with Gasteiger partial charge in [-0.15, -0.1) is 0 Å². The second-order valence-electron chi connectivity index (χ2n) is 9.51. The van der Waals surface area contributed by atoms with E-state index in [1.807, 2.05) is 65.6 Å². The highest BCUT2D eigenvalue weighted by molar-refractivity contribution is 5.96. The van der Waals surface area contributed by atoms with E-state index in [4.69, 9.17) is 0 Å². The van der Waals surface area contributed by atoms with E-state index >= 15 is 0 Å². The number of rotatable bonds is 9. The maximum absolute atomic E-state index is 13.7. The lowest BCUT2D eigenvalue weighted by atomic mass is 9.85. The minimum absolute atomic E-state index is 0.0108. The van der Waals surface area contributed by atoms with Gasteiger partial charge in [-0.1, -0.05) is 61.9 Å². The molecule has 1 N–H and O–H groups in total. The summed E-state index contributed by atoms with van der Waals surface area (Å²) in [5.74, 6) is 0.00124. The van der Waals surface area contributed by atoms with Crippen molar-refractivity contribution in [2.24, 2.45) is 0 Å². The van der Waals surface area contributed by atoms with Gasteiger partial charge in [0.2, 0.25) is 11.8 Å². The van der Waals surface area contributed by atoms with Gasteiger partial charge in [0.25, 0.3) is 5.91 Å².